The third kappa shape index (κ3) is 3.49. The highest BCUT2D eigenvalue weighted by Gasteiger charge is 2.20. The van der Waals surface area contributed by atoms with Crippen LogP contribution in [0, 0.1) is 6.92 Å². The Hall–Kier alpha value is -2.69. The van der Waals surface area contributed by atoms with E-state index in [4.69, 9.17) is 9.47 Å². The lowest BCUT2D eigenvalue weighted by Gasteiger charge is -2.26. The molecule has 0 saturated carbocycles. The summed E-state index contributed by atoms with van der Waals surface area (Å²) in [6.45, 7) is 2.80. The molecule has 1 unspecified atom stereocenters. The topological polar surface area (TPSA) is 59.6 Å². The number of nitrogens with one attached hydrogen (secondary N) is 2. The van der Waals surface area contributed by atoms with Crippen molar-refractivity contribution in [2.45, 2.75) is 13.0 Å². The van der Waals surface area contributed by atoms with Crippen LogP contribution in [0.15, 0.2) is 48.5 Å². The summed E-state index contributed by atoms with van der Waals surface area (Å²) < 4.78 is 11.4. The van der Waals surface area contributed by atoms with E-state index in [0.717, 1.165) is 17.0 Å². The van der Waals surface area contributed by atoms with Crippen molar-refractivity contribution in [3.8, 4) is 11.5 Å². The van der Waals surface area contributed by atoms with Gasteiger partial charge in [0.1, 0.15) is 6.61 Å². The Morgan fingerprint density at radius 3 is 2.64 bits per heavy atom. The summed E-state index contributed by atoms with van der Waals surface area (Å²) in [7, 11) is 0. The minimum absolute atomic E-state index is 0.196. The predicted molar refractivity (Wildman–Crippen MR) is 84.6 cm³/mol. The number of para-hydroxylation sites is 2. The third-order valence-electron chi connectivity index (χ3n) is 3.37. The van der Waals surface area contributed by atoms with Crippen molar-refractivity contribution >= 4 is 11.7 Å². The van der Waals surface area contributed by atoms with E-state index < -0.39 is 0 Å². The largest absolute Gasteiger partial charge is 0.486 e. The summed E-state index contributed by atoms with van der Waals surface area (Å²) in [6, 6.07) is 14.9. The second kappa shape index (κ2) is 6.39. The zero-order valence-corrected chi connectivity index (χ0v) is 12.3. The van der Waals surface area contributed by atoms with Crippen LogP contribution in [0.2, 0.25) is 0 Å². The summed E-state index contributed by atoms with van der Waals surface area (Å²) in [6.07, 6.45) is -0.196. The van der Waals surface area contributed by atoms with Crippen molar-refractivity contribution in [2.24, 2.45) is 0 Å². The van der Waals surface area contributed by atoms with Gasteiger partial charge >= 0.3 is 6.03 Å². The minimum atomic E-state index is -0.258. The molecule has 114 valence electrons. The molecule has 0 aliphatic carbocycles. The molecule has 0 fully saturated rings. The molecule has 5 nitrogen and oxygen atoms in total. The summed E-state index contributed by atoms with van der Waals surface area (Å²) in [4.78, 5) is 11.9. The van der Waals surface area contributed by atoms with E-state index in [1.54, 1.807) is 0 Å². The number of rotatable bonds is 3. The standard InChI is InChI=1S/C17H18N2O3/c1-12-6-8-13(9-7-12)19-17(20)18-10-14-11-21-15-4-2-3-5-16(15)22-14/h2-9,14H,10-11H2,1H3,(H2,18,19,20). The lowest BCUT2D eigenvalue weighted by atomic mass is 10.2. The Morgan fingerprint density at radius 2 is 1.86 bits per heavy atom. The van der Waals surface area contributed by atoms with E-state index in [0.29, 0.717) is 18.9 Å². The molecule has 22 heavy (non-hydrogen) atoms. The minimum Gasteiger partial charge on any atom is -0.486 e. The van der Waals surface area contributed by atoms with E-state index in [1.165, 1.54) is 0 Å². The molecule has 0 saturated heterocycles. The summed E-state index contributed by atoms with van der Waals surface area (Å²) in [5, 5.41) is 5.57. The van der Waals surface area contributed by atoms with Crippen LogP contribution in [0.5, 0.6) is 11.5 Å². The van der Waals surface area contributed by atoms with Crippen LogP contribution in [0.25, 0.3) is 0 Å². The maximum absolute atomic E-state index is 11.9. The second-order valence-corrected chi connectivity index (χ2v) is 5.20. The summed E-state index contributed by atoms with van der Waals surface area (Å²) in [5.74, 6) is 1.45. The fourth-order valence-corrected chi connectivity index (χ4v) is 2.18. The molecule has 1 aliphatic rings. The third-order valence-corrected chi connectivity index (χ3v) is 3.37. The molecule has 0 bridgehead atoms. The molecular weight excluding hydrogens is 280 g/mol. The van der Waals surface area contributed by atoms with Crippen LogP contribution < -0.4 is 20.1 Å². The first-order chi connectivity index (χ1) is 10.7. The van der Waals surface area contributed by atoms with Crippen LogP contribution >= 0.6 is 0 Å². The predicted octanol–water partition coefficient (Wildman–Crippen LogP) is 2.96. The molecular formula is C17H18N2O3. The second-order valence-electron chi connectivity index (χ2n) is 5.20. The molecule has 2 aromatic carbocycles. The van der Waals surface area contributed by atoms with Crippen LogP contribution in [-0.2, 0) is 0 Å². The van der Waals surface area contributed by atoms with E-state index in [9.17, 15) is 4.79 Å². The average Bonchev–Trinajstić information content (AvgIpc) is 2.55. The molecule has 1 atom stereocenters. The number of carbonyl (C=O) groups excluding carboxylic acids is 1. The maximum atomic E-state index is 11.9. The molecule has 0 radical (unpaired) electrons. The molecule has 1 aliphatic heterocycles. The Labute approximate surface area is 129 Å². The van der Waals surface area contributed by atoms with Crippen LogP contribution in [0.4, 0.5) is 10.5 Å². The van der Waals surface area contributed by atoms with Gasteiger partial charge in [-0.2, -0.15) is 0 Å². The van der Waals surface area contributed by atoms with Crippen molar-refractivity contribution in [1.29, 1.82) is 0 Å². The van der Waals surface area contributed by atoms with Crippen molar-refractivity contribution in [1.82, 2.24) is 5.32 Å². The van der Waals surface area contributed by atoms with Gasteiger partial charge in [0.25, 0.3) is 0 Å². The highest BCUT2D eigenvalue weighted by atomic mass is 16.6. The van der Waals surface area contributed by atoms with Crippen molar-refractivity contribution in [3.05, 3.63) is 54.1 Å². The number of hydrogen-bond donors (Lipinski definition) is 2. The number of aryl methyl sites for hydroxylation is 1. The SMILES string of the molecule is Cc1ccc(NC(=O)NCC2COc3ccccc3O2)cc1. The van der Waals surface area contributed by atoms with E-state index in [1.807, 2.05) is 55.5 Å². The lowest BCUT2D eigenvalue weighted by molar-refractivity contribution is 0.0922. The Morgan fingerprint density at radius 1 is 1.14 bits per heavy atom. The molecule has 0 aromatic heterocycles. The molecule has 2 N–H and O–H groups in total. The van der Waals surface area contributed by atoms with Gasteiger partial charge in [0.2, 0.25) is 0 Å². The number of hydrogen-bond acceptors (Lipinski definition) is 3. The van der Waals surface area contributed by atoms with Gasteiger partial charge in [-0.15, -0.1) is 0 Å². The highest BCUT2D eigenvalue weighted by molar-refractivity contribution is 5.89. The highest BCUT2D eigenvalue weighted by Crippen LogP contribution is 2.30. The molecule has 3 rings (SSSR count). The Bertz CT molecular complexity index is 655. The van der Waals surface area contributed by atoms with Crippen LogP contribution in [-0.4, -0.2) is 25.3 Å². The lowest BCUT2D eigenvalue weighted by Crippen LogP contribution is -2.42. The smallest absolute Gasteiger partial charge is 0.319 e. The summed E-state index contributed by atoms with van der Waals surface area (Å²) >= 11 is 0. The maximum Gasteiger partial charge on any atom is 0.319 e. The van der Waals surface area contributed by atoms with Gasteiger partial charge in [-0.1, -0.05) is 29.8 Å². The van der Waals surface area contributed by atoms with Crippen LogP contribution in [0.1, 0.15) is 5.56 Å². The van der Waals surface area contributed by atoms with Crippen molar-refractivity contribution < 1.29 is 14.3 Å². The number of ether oxygens (including phenoxy) is 2. The van der Waals surface area contributed by atoms with Gasteiger partial charge in [0.05, 0.1) is 6.54 Å². The molecule has 2 amide bonds. The van der Waals surface area contributed by atoms with Gasteiger partial charge in [-0.25, -0.2) is 4.79 Å². The quantitative estimate of drug-likeness (QED) is 0.916. The van der Waals surface area contributed by atoms with Crippen molar-refractivity contribution in [3.63, 3.8) is 0 Å². The van der Waals surface area contributed by atoms with Gasteiger partial charge < -0.3 is 20.1 Å². The average molecular weight is 298 g/mol. The molecule has 1 heterocycles. The number of carbonyl (C=O) groups is 1. The number of amides is 2. The first-order valence-corrected chi connectivity index (χ1v) is 7.21. The van der Waals surface area contributed by atoms with E-state index >= 15 is 0 Å². The first kappa shape index (κ1) is 14.3. The van der Waals surface area contributed by atoms with Gasteiger partial charge in [0.15, 0.2) is 17.6 Å². The first-order valence-electron chi connectivity index (χ1n) is 7.21. The molecule has 2 aromatic rings. The fourth-order valence-electron chi connectivity index (χ4n) is 2.18. The van der Waals surface area contributed by atoms with Gasteiger partial charge in [-0.3, -0.25) is 0 Å². The fraction of sp³-hybridized carbons (Fsp3) is 0.235. The van der Waals surface area contributed by atoms with Gasteiger partial charge in [0, 0.05) is 5.69 Å². The Kier molecular flexibility index (Phi) is 4.14. The number of fused-ring (bicyclic) bond motifs is 1. The molecule has 5 heteroatoms. The Balaban J connectivity index is 1.49. The zero-order valence-electron chi connectivity index (χ0n) is 12.3. The zero-order chi connectivity index (χ0) is 15.4. The summed E-state index contributed by atoms with van der Waals surface area (Å²) in [5.41, 5.74) is 1.91. The van der Waals surface area contributed by atoms with Gasteiger partial charge in [-0.05, 0) is 31.2 Å². The van der Waals surface area contributed by atoms with E-state index in [2.05, 4.69) is 10.6 Å². The van der Waals surface area contributed by atoms with Crippen molar-refractivity contribution in [2.75, 3.05) is 18.5 Å². The number of urea groups is 1. The molecule has 0 spiro atoms. The van der Waals surface area contributed by atoms with Crippen LogP contribution in [0.3, 0.4) is 0 Å². The van der Waals surface area contributed by atoms with E-state index in [-0.39, 0.29) is 12.1 Å². The number of anilines is 1. The number of benzene rings is 2. The normalized spacial score (nSPS) is 16.0. The monoisotopic (exact) mass is 298 g/mol.